The number of amides is 1. The Morgan fingerprint density at radius 1 is 1.26 bits per heavy atom. The molecule has 2 rings (SSSR count). The van der Waals surface area contributed by atoms with Crippen LogP contribution in [0.1, 0.15) is 19.3 Å². The van der Waals surface area contributed by atoms with Gasteiger partial charge in [-0.15, -0.1) is 0 Å². The van der Waals surface area contributed by atoms with Gasteiger partial charge < -0.3 is 14.8 Å². The van der Waals surface area contributed by atoms with Crippen molar-refractivity contribution in [3.8, 4) is 11.3 Å². The van der Waals surface area contributed by atoms with Crippen LogP contribution in [-0.2, 0) is 4.79 Å². The Morgan fingerprint density at radius 2 is 2.05 bits per heavy atom. The monoisotopic (exact) mass is 260 g/mol. The van der Waals surface area contributed by atoms with Crippen LogP contribution in [0.15, 0.2) is 41.3 Å². The molecule has 0 saturated carbocycles. The number of unbranched alkanes of at least 4 members (excludes halogenated alkanes) is 1. The van der Waals surface area contributed by atoms with Crippen molar-refractivity contribution < 1.29 is 14.3 Å². The number of aliphatic hydroxyl groups excluding tert-OH is 1. The summed E-state index contributed by atoms with van der Waals surface area (Å²) < 4.78 is 5.18. The number of carbonyl (C=O) groups excluding carboxylic acids is 1. The lowest BCUT2D eigenvalue weighted by molar-refractivity contribution is -0.116. The van der Waals surface area contributed by atoms with Gasteiger partial charge >= 0.3 is 0 Å². The SMILES string of the molecule is O=C(CCCCO)Nc1ccc(-c2cnco2)cc1. The molecule has 1 heterocycles. The number of oxazole rings is 1. The van der Waals surface area contributed by atoms with Gasteiger partial charge in [-0.05, 0) is 37.1 Å². The van der Waals surface area contributed by atoms with E-state index >= 15 is 0 Å². The van der Waals surface area contributed by atoms with Crippen LogP contribution in [0.3, 0.4) is 0 Å². The first-order valence-corrected chi connectivity index (χ1v) is 6.19. The van der Waals surface area contributed by atoms with Gasteiger partial charge in [0.15, 0.2) is 12.2 Å². The number of aliphatic hydroxyl groups is 1. The highest BCUT2D eigenvalue weighted by molar-refractivity contribution is 5.90. The third-order valence-corrected chi connectivity index (χ3v) is 2.70. The standard InChI is InChI=1S/C14H16N2O3/c17-8-2-1-3-14(18)16-12-6-4-11(5-7-12)13-9-15-10-19-13/h4-7,9-10,17H,1-3,8H2,(H,16,18). The molecule has 0 aliphatic carbocycles. The quantitative estimate of drug-likeness (QED) is 0.782. The second-order valence-corrected chi connectivity index (χ2v) is 4.17. The summed E-state index contributed by atoms with van der Waals surface area (Å²) in [6.45, 7) is 0.124. The van der Waals surface area contributed by atoms with Crippen molar-refractivity contribution in [2.45, 2.75) is 19.3 Å². The normalized spacial score (nSPS) is 10.4. The number of carbonyl (C=O) groups is 1. The molecule has 5 heteroatoms. The van der Waals surface area contributed by atoms with E-state index in [1.54, 1.807) is 6.20 Å². The van der Waals surface area contributed by atoms with Gasteiger partial charge in [0.1, 0.15) is 0 Å². The van der Waals surface area contributed by atoms with Gasteiger partial charge in [0.2, 0.25) is 5.91 Å². The van der Waals surface area contributed by atoms with E-state index in [0.717, 1.165) is 11.3 Å². The molecule has 0 spiro atoms. The van der Waals surface area contributed by atoms with Crippen molar-refractivity contribution in [3.05, 3.63) is 36.9 Å². The van der Waals surface area contributed by atoms with Crippen molar-refractivity contribution in [3.63, 3.8) is 0 Å². The predicted octanol–water partition coefficient (Wildman–Crippen LogP) is 2.44. The largest absolute Gasteiger partial charge is 0.444 e. The molecule has 0 aliphatic rings. The van der Waals surface area contributed by atoms with Gasteiger partial charge in [0, 0.05) is 24.3 Å². The fourth-order valence-corrected chi connectivity index (χ4v) is 1.70. The molecule has 0 saturated heterocycles. The van der Waals surface area contributed by atoms with Crippen LogP contribution in [0.4, 0.5) is 5.69 Å². The first kappa shape index (κ1) is 13.3. The molecule has 2 N–H and O–H groups in total. The molecule has 0 radical (unpaired) electrons. The van der Waals surface area contributed by atoms with Crippen molar-refractivity contribution in [2.75, 3.05) is 11.9 Å². The molecule has 0 atom stereocenters. The van der Waals surface area contributed by atoms with Crippen LogP contribution in [0, 0.1) is 0 Å². The molecule has 0 bridgehead atoms. The molecule has 0 fully saturated rings. The Morgan fingerprint density at radius 3 is 2.68 bits per heavy atom. The molecule has 1 amide bonds. The summed E-state index contributed by atoms with van der Waals surface area (Å²) in [5, 5.41) is 11.5. The maximum atomic E-state index is 11.6. The third kappa shape index (κ3) is 3.93. The molecule has 0 unspecified atom stereocenters. The number of anilines is 1. The van der Waals surface area contributed by atoms with Crippen LogP contribution < -0.4 is 5.32 Å². The number of hydrogen-bond donors (Lipinski definition) is 2. The second kappa shape index (κ2) is 6.70. The maximum Gasteiger partial charge on any atom is 0.224 e. The summed E-state index contributed by atoms with van der Waals surface area (Å²) in [4.78, 5) is 15.4. The van der Waals surface area contributed by atoms with E-state index in [0.29, 0.717) is 25.0 Å². The first-order chi connectivity index (χ1) is 9.29. The molecular weight excluding hydrogens is 244 g/mol. The molecule has 0 aliphatic heterocycles. The highest BCUT2D eigenvalue weighted by Crippen LogP contribution is 2.20. The minimum absolute atomic E-state index is 0.0409. The van der Waals surface area contributed by atoms with Gasteiger partial charge in [0.25, 0.3) is 0 Å². The van der Waals surface area contributed by atoms with Crippen LogP contribution >= 0.6 is 0 Å². The molecule has 100 valence electrons. The third-order valence-electron chi connectivity index (χ3n) is 2.70. The molecular formula is C14H16N2O3. The first-order valence-electron chi connectivity index (χ1n) is 6.19. The zero-order chi connectivity index (χ0) is 13.5. The average molecular weight is 260 g/mol. The Labute approximate surface area is 111 Å². The topological polar surface area (TPSA) is 75.4 Å². The number of hydrogen-bond acceptors (Lipinski definition) is 4. The average Bonchev–Trinajstić information content (AvgIpc) is 2.94. The summed E-state index contributed by atoms with van der Waals surface area (Å²) in [5.41, 5.74) is 1.66. The lowest BCUT2D eigenvalue weighted by atomic mass is 10.1. The van der Waals surface area contributed by atoms with E-state index in [-0.39, 0.29) is 12.5 Å². The number of nitrogens with one attached hydrogen (secondary N) is 1. The van der Waals surface area contributed by atoms with Crippen LogP contribution in [0.2, 0.25) is 0 Å². The van der Waals surface area contributed by atoms with Gasteiger partial charge in [-0.2, -0.15) is 0 Å². The lowest BCUT2D eigenvalue weighted by Crippen LogP contribution is -2.11. The minimum atomic E-state index is -0.0409. The van der Waals surface area contributed by atoms with Gasteiger partial charge in [-0.3, -0.25) is 4.79 Å². The second-order valence-electron chi connectivity index (χ2n) is 4.17. The summed E-state index contributed by atoms with van der Waals surface area (Å²) >= 11 is 0. The fourth-order valence-electron chi connectivity index (χ4n) is 1.70. The summed E-state index contributed by atoms with van der Waals surface area (Å²) in [6.07, 6.45) is 4.79. The smallest absolute Gasteiger partial charge is 0.224 e. The van der Waals surface area contributed by atoms with E-state index in [1.165, 1.54) is 6.39 Å². The lowest BCUT2D eigenvalue weighted by Gasteiger charge is -2.05. The summed E-state index contributed by atoms with van der Waals surface area (Å²) in [5.74, 6) is 0.654. The highest BCUT2D eigenvalue weighted by atomic mass is 16.3. The zero-order valence-electron chi connectivity index (χ0n) is 10.5. The van der Waals surface area contributed by atoms with Crippen LogP contribution in [0.5, 0.6) is 0 Å². The van der Waals surface area contributed by atoms with E-state index < -0.39 is 0 Å². The summed E-state index contributed by atoms with van der Waals surface area (Å²) in [6, 6.07) is 7.37. The van der Waals surface area contributed by atoms with Gasteiger partial charge in [0.05, 0.1) is 6.20 Å². The van der Waals surface area contributed by atoms with E-state index in [4.69, 9.17) is 9.52 Å². The molecule has 1 aromatic carbocycles. The number of benzene rings is 1. The maximum absolute atomic E-state index is 11.6. The predicted molar refractivity (Wildman–Crippen MR) is 71.5 cm³/mol. The fraction of sp³-hybridized carbons (Fsp3) is 0.286. The summed E-state index contributed by atoms with van der Waals surface area (Å²) in [7, 11) is 0. The van der Waals surface area contributed by atoms with Crippen LogP contribution in [0.25, 0.3) is 11.3 Å². The Hall–Kier alpha value is -2.14. The van der Waals surface area contributed by atoms with Gasteiger partial charge in [-0.1, -0.05) is 0 Å². The number of aromatic nitrogens is 1. The molecule has 2 aromatic rings. The Bertz CT molecular complexity index is 506. The highest BCUT2D eigenvalue weighted by Gasteiger charge is 2.04. The Kier molecular flexibility index (Phi) is 4.69. The molecule has 19 heavy (non-hydrogen) atoms. The van der Waals surface area contributed by atoms with Crippen molar-refractivity contribution in [1.29, 1.82) is 0 Å². The number of nitrogens with zero attached hydrogens (tertiary/aromatic N) is 1. The molecule has 1 aromatic heterocycles. The van der Waals surface area contributed by atoms with Crippen molar-refractivity contribution in [2.24, 2.45) is 0 Å². The number of rotatable bonds is 6. The van der Waals surface area contributed by atoms with Crippen LogP contribution in [-0.4, -0.2) is 22.6 Å². The van der Waals surface area contributed by atoms with Gasteiger partial charge in [-0.25, -0.2) is 4.98 Å². The molecule has 5 nitrogen and oxygen atoms in total. The van der Waals surface area contributed by atoms with E-state index in [9.17, 15) is 4.79 Å². The van der Waals surface area contributed by atoms with Crippen molar-refractivity contribution >= 4 is 11.6 Å². The van der Waals surface area contributed by atoms with Crippen molar-refractivity contribution in [1.82, 2.24) is 4.98 Å². The Balaban J connectivity index is 1.90. The van der Waals surface area contributed by atoms with E-state index in [1.807, 2.05) is 24.3 Å². The van der Waals surface area contributed by atoms with E-state index in [2.05, 4.69) is 10.3 Å². The minimum Gasteiger partial charge on any atom is -0.444 e. The zero-order valence-corrected chi connectivity index (χ0v) is 10.5.